The Labute approximate surface area is 146 Å². The van der Waals surface area contributed by atoms with Gasteiger partial charge in [0.15, 0.2) is 6.61 Å². The fraction of sp³-hybridized carbons (Fsp3) is 0.588. The van der Waals surface area contributed by atoms with E-state index >= 15 is 0 Å². The number of halogens is 3. The third-order valence-electron chi connectivity index (χ3n) is 3.51. The molecule has 1 unspecified atom stereocenters. The lowest BCUT2D eigenvalue weighted by Crippen LogP contribution is -2.35. The maximum Gasteiger partial charge on any atom is 0.422 e. The number of carbonyl (C=O) groups is 2. The summed E-state index contributed by atoms with van der Waals surface area (Å²) in [5, 5.41) is 0. The van der Waals surface area contributed by atoms with Gasteiger partial charge in [0.1, 0.15) is 0 Å². The highest BCUT2D eigenvalue weighted by Gasteiger charge is 2.28. The first-order valence-electron chi connectivity index (χ1n) is 7.79. The predicted molar refractivity (Wildman–Crippen MR) is 87.6 cm³/mol. The van der Waals surface area contributed by atoms with E-state index in [0.29, 0.717) is 12.5 Å². The van der Waals surface area contributed by atoms with E-state index in [1.165, 1.54) is 0 Å². The molecule has 0 N–H and O–H groups in total. The minimum atomic E-state index is -4.41. The van der Waals surface area contributed by atoms with Gasteiger partial charge in [0.2, 0.25) is 6.41 Å². The Morgan fingerprint density at radius 2 is 1.96 bits per heavy atom. The lowest BCUT2D eigenvalue weighted by atomic mass is 10.0. The topological polar surface area (TPSA) is 59.5 Å². The highest BCUT2D eigenvalue weighted by Crippen LogP contribution is 2.14. The van der Waals surface area contributed by atoms with Crippen molar-refractivity contribution in [3.8, 4) is 0 Å². The Morgan fingerprint density at radius 1 is 1.36 bits per heavy atom. The van der Waals surface area contributed by atoms with E-state index in [-0.39, 0.29) is 6.04 Å². The van der Waals surface area contributed by atoms with E-state index in [2.05, 4.69) is 30.5 Å². The molecule has 0 fully saturated rings. The Bertz CT molecular complexity index is 548. The van der Waals surface area contributed by atoms with Crippen molar-refractivity contribution in [2.24, 2.45) is 5.92 Å². The van der Waals surface area contributed by atoms with Gasteiger partial charge in [0, 0.05) is 19.2 Å². The van der Waals surface area contributed by atoms with Gasteiger partial charge in [-0.2, -0.15) is 13.2 Å². The molecule has 25 heavy (non-hydrogen) atoms. The molecule has 0 bridgehead atoms. The maximum absolute atomic E-state index is 11.1. The zero-order valence-electron chi connectivity index (χ0n) is 15.1. The predicted octanol–water partition coefficient (Wildman–Crippen LogP) is 3.50. The average molecular weight is 362 g/mol. The number of hydrogen-bond acceptors (Lipinski definition) is 4. The number of alkyl halides is 3. The smallest absolute Gasteiger partial charge is 0.422 e. The third kappa shape index (κ3) is 10.4. The second-order valence-electron chi connectivity index (χ2n) is 5.92. The quantitative estimate of drug-likeness (QED) is 0.574. The minimum Gasteiger partial charge on any atom is -0.456 e. The molecule has 142 valence electrons. The molecule has 1 atom stereocenters. The van der Waals surface area contributed by atoms with Crippen LogP contribution in [0.25, 0.3) is 0 Å². The van der Waals surface area contributed by atoms with Crippen LogP contribution in [0.15, 0.2) is 18.3 Å². The highest BCUT2D eigenvalue weighted by atomic mass is 19.4. The molecule has 1 heterocycles. The molecular formula is C17H25F3N2O3. The van der Waals surface area contributed by atoms with E-state index in [1.54, 1.807) is 11.1 Å². The van der Waals surface area contributed by atoms with Crippen LogP contribution < -0.4 is 0 Å². The summed E-state index contributed by atoms with van der Waals surface area (Å²) in [5.74, 6) is -0.471. The monoisotopic (exact) mass is 362 g/mol. The number of ether oxygens (including phenoxy) is 1. The Balaban J connectivity index is 0.000000547. The van der Waals surface area contributed by atoms with E-state index in [1.807, 2.05) is 19.1 Å². The van der Waals surface area contributed by atoms with Crippen LogP contribution in [0.2, 0.25) is 0 Å². The number of aryl methyl sites for hydroxylation is 1. The van der Waals surface area contributed by atoms with Crippen LogP contribution in [0.3, 0.4) is 0 Å². The Morgan fingerprint density at radius 3 is 2.32 bits per heavy atom. The van der Waals surface area contributed by atoms with Gasteiger partial charge in [-0.1, -0.05) is 19.9 Å². The molecule has 1 aromatic rings. The number of pyridine rings is 1. The summed E-state index contributed by atoms with van der Waals surface area (Å²) < 4.78 is 37.1. The van der Waals surface area contributed by atoms with Crippen molar-refractivity contribution < 1.29 is 27.5 Å². The van der Waals surface area contributed by atoms with Crippen molar-refractivity contribution in [3.05, 3.63) is 29.6 Å². The number of nitrogens with zero attached hydrogens (tertiary/aromatic N) is 2. The first-order chi connectivity index (χ1) is 11.5. The van der Waals surface area contributed by atoms with Crippen LogP contribution in [-0.4, -0.2) is 41.1 Å². The zero-order chi connectivity index (χ0) is 19.6. The summed E-state index contributed by atoms with van der Waals surface area (Å²) in [6.45, 7) is 8.34. The van der Waals surface area contributed by atoms with Gasteiger partial charge in [0.05, 0.1) is 12.2 Å². The van der Waals surface area contributed by atoms with Crippen molar-refractivity contribution in [1.29, 1.82) is 0 Å². The van der Waals surface area contributed by atoms with Crippen LogP contribution in [0, 0.1) is 12.8 Å². The van der Waals surface area contributed by atoms with Crippen molar-refractivity contribution in [2.45, 2.75) is 53.4 Å². The number of rotatable bonds is 6. The van der Waals surface area contributed by atoms with Crippen LogP contribution in [0.4, 0.5) is 13.2 Å². The molecule has 0 saturated heterocycles. The second kappa shape index (κ2) is 10.7. The summed E-state index contributed by atoms with van der Waals surface area (Å²) in [6.07, 6.45) is -1.73. The lowest BCUT2D eigenvalue weighted by molar-refractivity contribution is -0.184. The lowest BCUT2D eigenvalue weighted by Gasteiger charge is -2.28. The molecule has 1 rings (SSSR count). The first kappa shape index (κ1) is 22.9. The van der Waals surface area contributed by atoms with Gasteiger partial charge in [-0.15, -0.1) is 0 Å². The number of amides is 1. The number of carbonyl (C=O) groups excluding carboxylic acids is 2. The summed E-state index contributed by atoms with van der Waals surface area (Å²) in [4.78, 5) is 26.9. The Kier molecular flexibility index (Phi) is 9.78. The summed E-state index contributed by atoms with van der Waals surface area (Å²) in [5.41, 5.74) is 2.10. The standard InChI is InChI=1S/C13H20N2O.C4H5F3O2/c1-10(2)12(4)15(9-16)8-13-11(3)6-5-7-14-13;1-3(8)9-2-4(5,6)7/h5-7,9-10,12H,8H2,1-4H3;2H2,1H3. The summed E-state index contributed by atoms with van der Waals surface area (Å²) in [6, 6.07) is 4.17. The largest absolute Gasteiger partial charge is 0.456 e. The molecule has 0 spiro atoms. The zero-order valence-corrected chi connectivity index (χ0v) is 15.1. The van der Waals surface area contributed by atoms with Crippen LogP contribution in [-0.2, 0) is 20.9 Å². The molecule has 0 aliphatic rings. The van der Waals surface area contributed by atoms with Gasteiger partial charge < -0.3 is 9.64 Å². The molecular weight excluding hydrogens is 337 g/mol. The van der Waals surface area contributed by atoms with Crippen molar-refractivity contribution >= 4 is 12.4 Å². The molecule has 0 aliphatic carbocycles. The number of aromatic nitrogens is 1. The van der Waals surface area contributed by atoms with Gasteiger partial charge >= 0.3 is 12.1 Å². The number of hydrogen-bond donors (Lipinski definition) is 0. The fourth-order valence-corrected chi connectivity index (χ4v) is 1.70. The van der Waals surface area contributed by atoms with Crippen molar-refractivity contribution in [1.82, 2.24) is 9.88 Å². The van der Waals surface area contributed by atoms with E-state index in [4.69, 9.17) is 0 Å². The van der Waals surface area contributed by atoms with E-state index in [0.717, 1.165) is 24.6 Å². The van der Waals surface area contributed by atoms with Crippen molar-refractivity contribution in [2.75, 3.05) is 6.61 Å². The SMILES string of the molecule is CC(=O)OCC(F)(F)F.Cc1cccnc1CN(C=O)C(C)C(C)C. The first-order valence-corrected chi connectivity index (χ1v) is 7.79. The van der Waals surface area contributed by atoms with Crippen LogP contribution in [0.5, 0.6) is 0 Å². The average Bonchev–Trinajstić information content (AvgIpc) is 2.51. The van der Waals surface area contributed by atoms with E-state index in [9.17, 15) is 22.8 Å². The molecule has 0 aliphatic heterocycles. The summed E-state index contributed by atoms with van der Waals surface area (Å²) in [7, 11) is 0. The fourth-order valence-electron chi connectivity index (χ4n) is 1.70. The molecule has 1 amide bonds. The maximum atomic E-state index is 11.1. The Hall–Kier alpha value is -2.12. The van der Waals surface area contributed by atoms with Crippen LogP contribution in [0.1, 0.15) is 39.0 Å². The molecule has 0 aromatic carbocycles. The normalized spacial score (nSPS) is 12.0. The minimum absolute atomic E-state index is 0.235. The third-order valence-corrected chi connectivity index (χ3v) is 3.51. The van der Waals surface area contributed by atoms with Gasteiger partial charge in [-0.3, -0.25) is 14.6 Å². The van der Waals surface area contributed by atoms with Gasteiger partial charge in [0.25, 0.3) is 0 Å². The molecule has 0 radical (unpaired) electrons. The highest BCUT2D eigenvalue weighted by molar-refractivity contribution is 5.65. The summed E-state index contributed by atoms with van der Waals surface area (Å²) >= 11 is 0. The van der Waals surface area contributed by atoms with Crippen molar-refractivity contribution in [3.63, 3.8) is 0 Å². The molecule has 0 saturated carbocycles. The van der Waals surface area contributed by atoms with Crippen LogP contribution >= 0.6 is 0 Å². The molecule has 8 heteroatoms. The van der Waals surface area contributed by atoms with E-state index < -0.39 is 18.8 Å². The van der Waals surface area contributed by atoms with Gasteiger partial charge in [-0.05, 0) is 31.4 Å². The van der Waals surface area contributed by atoms with Gasteiger partial charge in [-0.25, -0.2) is 0 Å². The second-order valence-corrected chi connectivity index (χ2v) is 5.92. The number of esters is 1. The molecule has 5 nitrogen and oxygen atoms in total. The molecule has 1 aromatic heterocycles.